The molecule has 1 aliphatic carbocycles. The van der Waals surface area contributed by atoms with Crippen molar-refractivity contribution in [3.63, 3.8) is 0 Å². The molecule has 1 atom stereocenters. The highest BCUT2D eigenvalue weighted by Crippen LogP contribution is 2.22. The second-order valence-corrected chi connectivity index (χ2v) is 7.82. The molecule has 0 spiro atoms. The maximum atomic E-state index is 12.5. The van der Waals surface area contributed by atoms with Crippen molar-refractivity contribution in [3.05, 3.63) is 24.3 Å². The van der Waals surface area contributed by atoms with Gasteiger partial charge in [0.25, 0.3) is 5.91 Å². The Hall–Kier alpha value is -1.55. The number of hydrogen-bond donors (Lipinski definition) is 2. The molecule has 4 nitrogen and oxygen atoms in total. The van der Waals surface area contributed by atoms with Crippen LogP contribution in [0.25, 0.3) is 0 Å². The van der Waals surface area contributed by atoms with Gasteiger partial charge in [-0.05, 0) is 76.1 Å². The number of benzene rings is 1. The topological polar surface area (TPSA) is 49.0 Å². The summed E-state index contributed by atoms with van der Waals surface area (Å²) < 4.78 is 0. The molecular formula is C21H34N3O+. The molecular weight excluding hydrogens is 310 g/mol. The van der Waals surface area contributed by atoms with Gasteiger partial charge in [-0.25, -0.2) is 0 Å². The van der Waals surface area contributed by atoms with E-state index in [2.05, 4.69) is 27.7 Å². The molecule has 0 aromatic heterocycles. The summed E-state index contributed by atoms with van der Waals surface area (Å²) in [5.41, 5.74) is 2.18. The SMILES string of the molecule is C[C@H]([NH2+]C1CCCCCC1)C(=O)Nc1ccc(N2CCCCC2)cc1. The summed E-state index contributed by atoms with van der Waals surface area (Å²) in [6.45, 7) is 4.33. The van der Waals surface area contributed by atoms with E-state index in [1.54, 1.807) is 0 Å². The average Bonchev–Trinajstić information content (AvgIpc) is 2.92. The van der Waals surface area contributed by atoms with E-state index in [0.717, 1.165) is 18.8 Å². The van der Waals surface area contributed by atoms with Crippen LogP contribution in [0, 0.1) is 0 Å². The summed E-state index contributed by atoms with van der Waals surface area (Å²) in [6.07, 6.45) is 11.8. The van der Waals surface area contributed by atoms with Gasteiger partial charge in [0.1, 0.15) is 0 Å². The van der Waals surface area contributed by atoms with Crippen molar-refractivity contribution in [2.24, 2.45) is 0 Å². The number of carbonyl (C=O) groups excluding carboxylic acids is 1. The Kier molecular flexibility index (Phi) is 6.74. The van der Waals surface area contributed by atoms with Crippen LogP contribution in [-0.4, -0.2) is 31.1 Å². The first-order valence-corrected chi connectivity index (χ1v) is 10.2. The van der Waals surface area contributed by atoms with Gasteiger partial charge in [-0.2, -0.15) is 0 Å². The van der Waals surface area contributed by atoms with Crippen LogP contribution in [0.1, 0.15) is 64.7 Å². The van der Waals surface area contributed by atoms with E-state index in [9.17, 15) is 4.79 Å². The summed E-state index contributed by atoms with van der Waals surface area (Å²) in [6, 6.07) is 8.95. The summed E-state index contributed by atoms with van der Waals surface area (Å²) in [5, 5.41) is 5.37. The van der Waals surface area contributed by atoms with Gasteiger partial charge < -0.3 is 15.5 Å². The highest BCUT2D eigenvalue weighted by molar-refractivity contribution is 5.93. The highest BCUT2D eigenvalue weighted by Gasteiger charge is 2.23. The van der Waals surface area contributed by atoms with Gasteiger partial charge in [0.2, 0.25) is 0 Å². The van der Waals surface area contributed by atoms with Gasteiger partial charge in [-0.1, -0.05) is 12.8 Å². The van der Waals surface area contributed by atoms with Crippen LogP contribution in [0.3, 0.4) is 0 Å². The molecule has 0 bridgehead atoms. The minimum Gasteiger partial charge on any atom is -0.372 e. The number of amides is 1. The zero-order chi connectivity index (χ0) is 17.5. The first-order valence-electron chi connectivity index (χ1n) is 10.2. The number of rotatable bonds is 5. The van der Waals surface area contributed by atoms with Crippen molar-refractivity contribution in [2.45, 2.75) is 76.8 Å². The molecule has 0 unspecified atom stereocenters. The van der Waals surface area contributed by atoms with Crippen LogP contribution < -0.4 is 15.5 Å². The largest absolute Gasteiger partial charge is 0.372 e. The van der Waals surface area contributed by atoms with Crippen molar-refractivity contribution >= 4 is 17.3 Å². The van der Waals surface area contributed by atoms with Gasteiger partial charge in [0.15, 0.2) is 6.04 Å². The Morgan fingerprint density at radius 1 is 1.00 bits per heavy atom. The third kappa shape index (κ3) is 5.46. The summed E-state index contributed by atoms with van der Waals surface area (Å²) in [7, 11) is 0. The third-order valence-corrected chi connectivity index (χ3v) is 5.73. The van der Waals surface area contributed by atoms with Crippen LogP contribution in [0.15, 0.2) is 24.3 Å². The van der Waals surface area contributed by atoms with Crippen LogP contribution in [0.5, 0.6) is 0 Å². The predicted molar refractivity (Wildman–Crippen MR) is 104 cm³/mol. The number of hydrogen-bond acceptors (Lipinski definition) is 2. The first-order chi connectivity index (χ1) is 12.2. The minimum absolute atomic E-state index is 0.0233. The van der Waals surface area contributed by atoms with Gasteiger partial charge in [0.05, 0.1) is 6.04 Å². The fraction of sp³-hybridized carbons (Fsp3) is 0.667. The number of quaternary nitrogens is 1. The molecule has 1 aliphatic heterocycles. The standard InChI is InChI=1S/C21H33N3O/c1-17(22-18-9-5-2-3-6-10-18)21(25)23-19-11-13-20(14-12-19)24-15-7-4-8-16-24/h11-14,17-18,22H,2-10,15-16H2,1H3,(H,23,25)/p+1/t17-/m0/s1. The lowest BCUT2D eigenvalue weighted by atomic mass is 10.1. The van der Waals surface area contributed by atoms with Crippen LogP contribution in [-0.2, 0) is 4.79 Å². The van der Waals surface area contributed by atoms with E-state index in [1.165, 1.54) is 63.5 Å². The molecule has 2 fully saturated rings. The summed E-state index contributed by atoms with van der Waals surface area (Å²) in [4.78, 5) is 14.9. The Morgan fingerprint density at radius 3 is 2.24 bits per heavy atom. The molecule has 0 radical (unpaired) electrons. The fourth-order valence-electron chi connectivity index (χ4n) is 4.16. The molecule has 3 N–H and O–H groups in total. The van der Waals surface area contributed by atoms with Crippen molar-refractivity contribution in [1.29, 1.82) is 0 Å². The van der Waals surface area contributed by atoms with Gasteiger partial charge in [0, 0.05) is 24.5 Å². The molecule has 1 amide bonds. The fourth-order valence-corrected chi connectivity index (χ4v) is 4.16. The number of carbonyl (C=O) groups is 1. The summed E-state index contributed by atoms with van der Waals surface area (Å²) >= 11 is 0. The van der Waals surface area contributed by atoms with Crippen molar-refractivity contribution in [3.8, 4) is 0 Å². The Balaban J connectivity index is 1.49. The number of piperidine rings is 1. The average molecular weight is 345 g/mol. The van der Waals surface area contributed by atoms with E-state index in [1.807, 2.05) is 19.1 Å². The lowest BCUT2D eigenvalue weighted by molar-refractivity contribution is -0.707. The quantitative estimate of drug-likeness (QED) is 0.805. The normalized spacial score (nSPS) is 20.8. The molecule has 1 saturated heterocycles. The van der Waals surface area contributed by atoms with Crippen molar-refractivity contribution < 1.29 is 10.1 Å². The zero-order valence-electron chi connectivity index (χ0n) is 15.7. The van der Waals surface area contributed by atoms with Gasteiger partial charge in [-0.3, -0.25) is 4.79 Å². The molecule has 1 aromatic carbocycles. The van der Waals surface area contributed by atoms with Gasteiger partial charge in [-0.15, -0.1) is 0 Å². The molecule has 4 heteroatoms. The van der Waals surface area contributed by atoms with Crippen molar-refractivity contribution in [2.75, 3.05) is 23.3 Å². The molecule has 25 heavy (non-hydrogen) atoms. The van der Waals surface area contributed by atoms with Crippen LogP contribution >= 0.6 is 0 Å². The second kappa shape index (κ2) is 9.23. The monoisotopic (exact) mass is 344 g/mol. The van der Waals surface area contributed by atoms with E-state index in [-0.39, 0.29) is 11.9 Å². The van der Waals surface area contributed by atoms with Crippen molar-refractivity contribution in [1.82, 2.24) is 0 Å². The molecule has 138 valence electrons. The molecule has 3 rings (SSSR count). The van der Waals surface area contributed by atoms with E-state index < -0.39 is 0 Å². The first kappa shape index (κ1) is 18.2. The third-order valence-electron chi connectivity index (χ3n) is 5.73. The number of nitrogens with one attached hydrogen (secondary N) is 1. The van der Waals surface area contributed by atoms with E-state index in [4.69, 9.17) is 0 Å². The lowest BCUT2D eigenvalue weighted by Crippen LogP contribution is -2.96. The zero-order valence-corrected chi connectivity index (χ0v) is 15.7. The maximum Gasteiger partial charge on any atom is 0.282 e. The Labute approximate surface area is 152 Å². The minimum atomic E-state index is -0.0233. The number of anilines is 2. The predicted octanol–water partition coefficient (Wildman–Crippen LogP) is 3.29. The maximum absolute atomic E-state index is 12.5. The van der Waals surface area contributed by atoms with E-state index in [0.29, 0.717) is 6.04 Å². The Bertz CT molecular complexity index is 529. The number of nitrogens with two attached hydrogens (primary N) is 1. The van der Waals surface area contributed by atoms with E-state index >= 15 is 0 Å². The lowest BCUT2D eigenvalue weighted by Gasteiger charge is -2.28. The second-order valence-electron chi connectivity index (χ2n) is 7.82. The highest BCUT2D eigenvalue weighted by atomic mass is 16.2. The smallest absolute Gasteiger partial charge is 0.282 e. The van der Waals surface area contributed by atoms with Gasteiger partial charge >= 0.3 is 0 Å². The Morgan fingerprint density at radius 2 is 1.60 bits per heavy atom. The molecule has 1 saturated carbocycles. The van der Waals surface area contributed by atoms with Crippen LogP contribution in [0.4, 0.5) is 11.4 Å². The number of nitrogens with zero attached hydrogens (tertiary/aromatic N) is 1. The molecule has 2 aliphatic rings. The summed E-state index contributed by atoms with van der Waals surface area (Å²) in [5.74, 6) is 0.120. The van der Waals surface area contributed by atoms with Crippen LogP contribution in [0.2, 0.25) is 0 Å². The molecule has 1 heterocycles. The molecule has 1 aromatic rings.